The lowest BCUT2D eigenvalue weighted by atomic mass is 10.1. The van der Waals surface area contributed by atoms with E-state index in [-0.39, 0.29) is 34.6 Å². The summed E-state index contributed by atoms with van der Waals surface area (Å²) in [6.45, 7) is 0. The van der Waals surface area contributed by atoms with Crippen LogP contribution in [0.5, 0.6) is 0 Å². The highest BCUT2D eigenvalue weighted by molar-refractivity contribution is 7.91. The molecule has 0 saturated carbocycles. The quantitative estimate of drug-likeness (QED) is 0.862. The van der Waals surface area contributed by atoms with Gasteiger partial charge >= 0.3 is 0 Å². The zero-order chi connectivity index (χ0) is 16.6. The first-order valence-corrected chi connectivity index (χ1v) is 9.02. The van der Waals surface area contributed by atoms with E-state index in [2.05, 4.69) is 0 Å². The molecule has 122 valence electrons. The molecule has 1 aromatic carbocycles. The zero-order valence-corrected chi connectivity index (χ0v) is 13.3. The Hall–Kier alpha value is -2.15. The number of carbonyl (C=O) groups is 1. The molecule has 2 aromatic rings. The number of nitrogens with zero attached hydrogens (tertiary/aromatic N) is 1. The van der Waals surface area contributed by atoms with Crippen LogP contribution in [0.2, 0.25) is 0 Å². The maximum atomic E-state index is 13.8. The van der Waals surface area contributed by atoms with Gasteiger partial charge in [-0.3, -0.25) is 4.79 Å². The molecular weight excluding hydrogens is 321 g/mol. The van der Waals surface area contributed by atoms with Crippen molar-refractivity contribution in [2.45, 2.75) is 12.5 Å². The predicted octanol–water partition coefficient (Wildman–Crippen LogP) is 2.34. The molecule has 1 aliphatic heterocycles. The second-order valence-electron chi connectivity index (χ2n) is 5.62. The van der Waals surface area contributed by atoms with Gasteiger partial charge in [-0.25, -0.2) is 12.8 Å². The Bertz CT molecular complexity index is 843. The molecule has 1 saturated heterocycles. The number of halogens is 1. The van der Waals surface area contributed by atoms with Crippen molar-refractivity contribution in [2.75, 3.05) is 18.6 Å². The van der Waals surface area contributed by atoms with E-state index >= 15 is 0 Å². The smallest absolute Gasteiger partial charge is 0.289 e. The molecule has 3 rings (SSSR count). The van der Waals surface area contributed by atoms with Gasteiger partial charge in [-0.1, -0.05) is 12.1 Å². The van der Waals surface area contributed by atoms with Crippen LogP contribution in [-0.4, -0.2) is 43.8 Å². The van der Waals surface area contributed by atoms with E-state index in [0.29, 0.717) is 6.42 Å². The lowest BCUT2D eigenvalue weighted by molar-refractivity contribution is 0.0716. The normalized spacial score (nSPS) is 19.7. The Balaban J connectivity index is 1.80. The molecule has 1 aliphatic rings. The van der Waals surface area contributed by atoms with Crippen molar-refractivity contribution in [3.05, 3.63) is 48.0 Å². The van der Waals surface area contributed by atoms with Gasteiger partial charge in [0.1, 0.15) is 11.6 Å². The summed E-state index contributed by atoms with van der Waals surface area (Å²) >= 11 is 0. The molecule has 1 fully saturated rings. The van der Waals surface area contributed by atoms with Gasteiger partial charge in [-0.15, -0.1) is 0 Å². The lowest BCUT2D eigenvalue weighted by Gasteiger charge is -2.22. The van der Waals surface area contributed by atoms with Crippen molar-refractivity contribution in [3.63, 3.8) is 0 Å². The Kier molecular flexibility index (Phi) is 3.97. The van der Waals surface area contributed by atoms with Crippen LogP contribution < -0.4 is 0 Å². The van der Waals surface area contributed by atoms with Crippen LogP contribution in [-0.2, 0) is 9.84 Å². The summed E-state index contributed by atoms with van der Waals surface area (Å²) in [6.07, 6.45) is 0.422. The van der Waals surface area contributed by atoms with Crippen LogP contribution in [0.15, 0.2) is 40.8 Å². The molecular formula is C16H16FNO4S. The van der Waals surface area contributed by atoms with Gasteiger partial charge in [0.15, 0.2) is 15.6 Å². The van der Waals surface area contributed by atoms with Gasteiger partial charge in [0.05, 0.1) is 17.1 Å². The molecule has 1 aromatic heterocycles. The number of amides is 1. The van der Waals surface area contributed by atoms with E-state index in [1.165, 1.54) is 23.1 Å². The number of furan rings is 1. The van der Waals surface area contributed by atoms with Crippen molar-refractivity contribution in [1.29, 1.82) is 0 Å². The summed E-state index contributed by atoms with van der Waals surface area (Å²) in [5.74, 6) is -0.455. The number of hydrogen-bond acceptors (Lipinski definition) is 4. The first kappa shape index (κ1) is 15.7. The van der Waals surface area contributed by atoms with Crippen LogP contribution in [0, 0.1) is 5.82 Å². The van der Waals surface area contributed by atoms with E-state index < -0.39 is 21.6 Å². The second-order valence-corrected chi connectivity index (χ2v) is 7.85. The molecule has 0 radical (unpaired) electrons. The van der Waals surface area contributed by atoms with Crippen molar-refractivity contribution in [3.8, 4) is 11.3 Å². The van der Waals surface area contributed by atoms with Crippen LogP contribution >= 0.6 is 0 Å². The summed E-state index contributed by atoms with van der Waals surface area (Å²) in [5.41, 5.74) is 0.276. The molecule has 1 unspecified atom stereocenters. The second kappa shape index (κ2) is 5.81. The molecule has 7 heteroatoms. The third kappa shape index (κ3) is 3.14. The highest BCUT2D eigenvalue weighted by Gasteiger charge is 2.33. The SMILES string of the molecule is CN(C(=O)c1ccc(-c2ccccc2F)o1)C1CCS(=O)(=O)C1. The number of hydrogen-bond donors (Lipinski definition) is 0. The van der Waals surface area contributed by atoms with Gasteiger partial charge in [0.2, 0.25) is 0 Å². The Labute approximate surface area is 133 Å². The minimum atomic E-state index is -3.07. The molecule has 0 aliphatic carbocycles. The summed E-state index contributed by atoms with van der Waals surface area (Å²) < 4.78 is 42.3. The van der Waals surface area contributed by atoms with Crippen molar-refractivity contribution in [2.24, 2.45) is 0 Å². The molecule has 5 nitrogen and oxygen atoms in total. The third-order valence-corrected chi connectivity index (χ3v) is 5.78. The number of carbonyl (C=O) groups excluding carboxylic acids is 1. The molecule has 0 N–H and O–H groups in total. The fourth-order valence-electron chi connectivity index (χ4n) is 2.68. The average molecular weight is 337 g/mol. The Morgan fingerprint density at radius 3 is 2.65 bits per heavy atom. The highest BCUT2D eigenvalue weighted by Crippen LogP contribution is 2.26. The summed E-state index contributed by atoms with van der Waals surface area (Å²) in [4.78, 5) is 13.8. The largest absolute Gasteiger partial charge is 0.451 e. The van der Waals surface area contributed by atoms with Gasteiger partial charge in [-0.05, 0) is 30.7 Å². The van der Waals surface area contributed by atoms with E-state index in [0.717, 1.165) is 0 Å². The van der Waals surface area contributed by atoms with E-state index in [4.69, 9.17) is 4.42 Å². The number of rotatable bonds is 3. The van der Waals surface area contributed by atoms with Gasteiger partial charge in [0, 0.05) is 13.1 Å². The molecule has 1 amide bonds. The zero-order valence-electron chi connectivity index (χ0n) is 12.5. The summed E-state index contributed by atoms with van der Waals surface area (Å²) in [7, 11) is -1.52. The van der Waals surface area contributed by atoms with Crippen molar-refractivity contribution < 1.29 is 22.0 Å². The van der Waals surface area contributed by atoms with Gasteiger partial charge < -0.3 is 9.32 Å². The summed E-state index contributed by atoms with van der Waals surface area (Å²) in [5, 5.41) is 0. The lowest BCUT2D eigenvalue weighted by Crippen LogP contribution is -2.37. The minimum Gasteiger partial charge on any atom is -0.451 e. The molecule has 2 heterocycles. The monoisotopic (exact) mass is 337 g/mol. The first-order valence-electron chi connectivity index (χ1n) is 7.20. The van der Waals surface area contributed by atoms with Crippen molar-refractivity contribution in [1.82, 2.24) is 4.90 Å². The molecule has 0 bridgehead atoms. The Morgan fingerprint density at radius 2 is 2.00 bits per heavy atom. The van der Waals surface area contributed by atoms with E-state index in [9.17, 15) is 17.6 Å². The number of sulfone groups is 1. The fraction of sp³-hybridized carbons (Fsp3) is 0.312. The summed E-state index contributed by atoms with van der Waals surface area (Å²) in [6, 6.07) is 8.79. The Morgan fingerprint density at radius 1 is 1.26 bits per heavy atom. The molecule has 23 heavy (non-hydrogen) atoms. The van der Waals surface area contributed by atoms with E-state index in [1.54, 1.807) is 25.2 Å². The maximum absolute atomic E-state index is 13.8. The minimum absolute atomic E-state index is 0.0316. The first-order chi connectivity index (χ1) is 10.9. The topological polar surface area (TPSA) is 67.6 Å². The average Bonchev–Trinajstić information content (AvgIpc) is 3.13. The fourth-order valence-corrected chi connectivity index (χ4v) is 4.45. The van der Waals surface area contributed by atoms with Crippen LogP contribution in [0.1, 0.15) is 17.0 Å². The van der Waals surface area contributed by atoms with E-state index in [1.807, 2.05) is 0 Å². The molecule has 1 atom stereocenters. The van der Waals surface area contributed by atoms with Crippen molar-refractivity contribution >= 4 is 15.7 Å². The van der Waals surface area contributed by atoms with Crippen LogP contribution in [0.25, 0.3) is 11.3 Å². The van der Waals surface area contributed by atoms with Crippen LogP contribution in [0.4, 0.5) is 4.39 Å². The van der Waals surface area contributed by atoms with Crippen LogP contribution in [0.3, 0.4) is 0 Å². The number of benzene rings is 1. The third-order valence-electron chi connectivity index (χ3n) is 4.03. The predicted molar refractivity (Wildman–Crippen MR) is 83.3 cm³/mol. The van der Waals surface area contributed by atoms with Gasteiger partial charge in [-0.2, -0.15) is 0 Å². The maximum Gasteiger partial charge on any atom is 0.289 e. The molecule has 0 spiro atoms. The standard InChI is InChI=1S/C16H16FNO4S/c1-18(11-8-9-23(20,21)10-11)16(19)15-7-6-14(22-15)12-4-2-3-5-13(12)17/h2-7,11H,8-10H2,1H3. The highest BCUT2D eigenvalue weighted by atomic mass is 32.2. The van der Waals surface area contributed by atoms with Gasteiger partial charge in [0.25, 0.3) is 5.91 Å².